The van der Waals surface area contributed by atoms with Crippen LogP contribution in [0.25, 0.3) is 10.9 Å². The number of aldehydes is 1. The average molecular weight is 339 g/mol. The minimum Gasteiger partial charge on any atom is -0.326 e. The van der Waals surface area contributed by atoms with E-state index in [1.165, 1.54) is 0 Å². The van der Waals surface area contributed by atoms with Crippen LogP contribution in [0.2, 0.25) is 15.2 Å². The molecule has 0 amide bonds. The zero-order chi connectivity index (χ0) is 15.0. The Morgan fingerprint density at radius 1 is 0.952 bits per heavy atom. The van der Waals surface area contributed by atoms with E-state index in [0.717, 1.165) is 22.8 Å². The second-order valence-electron chi connectivity index (χ2n) is 4.63. The van der Waals surface area contributed by atoms with Crippen LogP contribution in [0.3, 0.4) is 0 Å². The minimum atomic E-state index is 0.391. The third-order valence-corrected chi connectivity index (χ3v) is 4.56. The van der Waals surface area contributed by atoms with Gasteiger partial charge >= 0.3 is 0 Å². The maximum atomic E-state index is 11.3. The molecule has 0 N–H and O–H groups in total. The molecule has 5 heteroatoms. The summed E-state index contributed by atoms with van der Waals surface area (Å²) in [5.74, 6) is 0. The Morgan fingerprint density at radius 2 is 1.62 bits per heavy atom. The fourth-order valence-electron chi connectivity index (χ4n) is 2.41. The molecule has 2 nitrogen and oxygen atoms in total. The predicted octanol–water partition coefficient (Wildman–Crippen LogP) is 5.46. The number of para-hydroxylation sites is 1. The molecule has 0 unspecified atom stereocenters. The first kappa shape index (κ1) is 14.5. The van der Waals surface area contributed by atoms with Crippen LogP contribution in [0.15, 0.2) is 42.5 Å². The van der Waals surface area contributed by atoms with Crippen molar-refractivity contribution in [1.82, 2.24) is 4.57 Å². The van der Waals surface area contributed by atoms with Crippen LogP contribution < -0.4 is 0 Å². The van der Waals surface area contributed by atoms with E-state index in [1.54, 1.807) is 18.2 Å². The third-order valence-electron chi connectivity index (χ3n) is 3.44. The van der Waals surface area contributed by atoms with Crippen LogP contribution in [-0.2, 0) is 6.54 Å². The topological polar surface area (TPSA) is 22.0 Å². The van der Waals surface area contributed by atoms with Crippen molar-refractivity contribution in [1.29, 1.82) is 0 Å². The van der Waals surface area contributed by atoms with Gasteiger partial charge in [-0.3, -0.25) is 4.79 Å². The zero-order valence-corrected chi connectivity index (χ0v) is 13.1. The van der Waals surface area contributed by atoms with E-state index < -0.39 is 0 Å². The first-order valence-electron chi connectivity index (χ1n) is 6.28. The maximum absolute atomic E-state index is 11.3. The van der Waals surface area contributed by atoms with Crippen molar-refractivity contribution in [3.05, 3.63) is 68.8 Å². The van der Waals surface area contributed by atoms with Gasteiger partial charge < -0.3 is 4.57 Å². The van der Waals surface area contributed by atoms with Gasteiger partial charge in [-0.15, -0.1) is 0 Å². The summed E-state index contributed by atoms with van der Waals surface area (Å²) in [6, 6.07) is 12.9. The number of nitrogens with zero attached hydrogens (tertiary/aromatic N) is 1. The summed E-state index contributed by atoms with van der Waals surface area (Å²) >= 11 is 18.8. The standard InChI is InChI=1S/C16H10Cl3NO/c17-13-5-3-6-14(18)11(13)8-20-15-7-2-1-4-10(15)12(9-21)16(20)19/h1-7,9H,8H2. The molecule has 1 aromatic heterocycles. The van der Waals surface area contributed by atoms with E-state index in [0.29, 0.717) is 27.3 Å². The van der Waals surface area contributed by atoms with Crippen LogP contribution in [0, 0.1) is 0 Å². The Kier molecular flexibility index (Phi) is 3.94. The van der Waals surface area contributed by atoms with E-state index in [2.05, 4.69) is 0 Å². The number of carbonyl (C=O) groups excluding carboxylic acids is 1. The molecule has 0 aliphatic rings. The quantitative estimate of drug-likeness (QED) is 0.581. The lowest BCUT2D eigenvalue weighted by Crippen LogP contribution is -2.01. The van der Waals surface area contributed by atoms with Crippen molar-refractivity contribution in [2.75, 3.05) is 0 Å². The molecule has 0 spiro atoms. The van der Waals surface area contributed by atoms with Gasteiger partial charge in [-0.2, -0.15) is 0 Å². The summed E-state index contributed by atoms with van der Waals surface area (Å²) in [6.45, 7) is 0.408. The molecule has 0 radical (unpaired) electrons. The van der Waals surface area contributed by atoms with E-state index >= 15 is 0 Å². The van der Waals surface area contributed by atoms with Gasteiger partial charge in [-0.25, -0.2) is 0 Å². The first-order valence-corrected chi connectivity index (χ1v) is 7.41. The lowest BCUT2D eigenvalue weighted by molar-refractivity contribution is 0.112. The fraction of sp³-hybridized carbons (Fsp3) is 0.0625. The van der Waals surface area contributed by atoms with Gasteiger partial charge in [0.1, 0.15) is 5.15 Å². The molecule has 1 heterocycles. The third kappa shape index (κ3) is 2.44. The summed E-state index contributed by atoms with van der Waals surface area (Å²) in [5, 5.41) is 2.36. The summed E-state index contributed by atoms with van der Waals surface area (Å²) in [7, 11) is 0. The van der Waals surface area contributed by atoms with Gasteiger partial charge in [0.25, 0.3) is 0 Å². The fourth-order valence-corrected chi connectivity index (χ4v) is 3.22. The van der Waals surface area contributed by atoms with Crippen LogP contribution in [-0.4, -0.2) is 10.9 Å². The van der Waals surface area contributed by atoms with Crippen molar-refractivity contribution < 1.29 is 4.79 Å². The number of carbonyl (C=O) groups is 1. The highest BCUT2D eigenvalue weighted by Gasteiger charge is 2.16. The molecule has 3 aromatic rings. The molecule has 3 rings (SSSR count). The molecular formula is C16H10Cl3NO. The molecule has 0 saturated heterocycles. The van der Waals surface area contributed by atoms with Gasteiger partial charge in [0, 0.05) is 21.0 Å². The highest BCUT2D eigenvalue weighted by Crippen LogP contribution is 2.32. The van der Waals surface area contributed by atoms with Crippen LogP contribution in [0.4, 0.5) is 0 Å². The molecule has 106 valence electrons. The summed E-state index contributed by atoms with van der Waals surface area (Å²) < 4.78 is 1.84. The molecule has 0 aliphatic carbocycles. The van der Waals surface area contributed by atoms with Gasteiger partial charge in [0.15, 0.2) is 6.29 Å². The number of hydrogen-bond donors (Lipinski definition) is 0. The molecule has 0 bridgehead atoms. The summed E-state index contributed by atoms with van der Waals surface area (Å²) in [5.41, 5.74) is 2.14. The second kappa shape index (κ2) is 5.72. The van der Waals surface area contributed by atoms with Crippen LogP contribution in [0.5, 0.6) is 0 Å². The van der Waals surface area contributed by atoms with Crippen molar-refractivity contribution in [2.45, 2.75) is 6.54 Å². The number of benzene rings is 2. The van der Waals surface area contributed by atoms with E-state index in [1.807, 2.05) is 28.8 Å². The smallest absolute Gasteiger partial charge is 0.153 e. The molecule has 0 atom stereocenters. The van der Waals surface area contributed by atoms with Crippen molar-refractivity contribution in [3.63, 3.8) is 0 Å². The van der Waals surface area contributed by atoms with E-state index in [4.69, 9.17) is 34.8 Å². The van der Waals surface area contributed by atoms with E-state index in [-0.39, 0.29) is 0 Å². The molecule has 0 saturated carbocycles. The molecule has 0 aliphatic heterocycles. The lowest BCUT2D eigenvalue weighted by atomic mass is 10.2. The Morgan fingerprint density at radius 3 is 2.29 bits per heavy atom. The SMILES string of the molecule is O=Cc1c(Cl)n(Cc2c(Cl)cccc2Cl)c2ccccc12. The Labute approximate surface area is 136 Å². The average Bonchev–Trinajstić information content (AvgIpc) is 2.75. The number of aromatic nitrogens is 1. The predicted molar refractivity (Wildman–Crippen MR) is 87.9 cm³/mol. The number of hydrogen-bond acceptors (Lipinski definition) is 1. The van der Waals surface area contributed by atoms with Gasteiger partial charge in [0.2, 0.25) is 0 Å². The normalized spacial score (nSPS) is 11.0. The second-order valence-corrected chi connectivity index (χ2v) is 5.80. The van der Waals surface area contributed by atoms with Crippen molar-refractivity contribution in [3.8, 4) is 0 Å². The Balaban J connectivity index is 2.22. The zero-order valence-electron chi connectivity index (χ0n) is 10.8. The first-order chi connectivity index (χ1) is 10.1. The molecule has 21 heavy (non-hydrogen) atoms. The molecule has 0 fully saturated rings. The molecule has 2 aromatic carbocycles. The van der Waals surface area contributed by atoms with Gasteiger partial charge in [-0.1, -0.05) is 59.1 Å². The highest BCUT2D eigenvalue weighted by molar-refractivity contribution is 6.36. The van der Waals surface area contributed by atoms with Gasteiger partial charge in [-0.05, 0) is 18.2 Å². The minimum absolute atomic E-state index is 0.391. The Hall–Kier alpha value is -1.48. The number of rotatable bonds is 3. The number of halogens is 3. The summed E-state index contributed by atoms with van der Waals surface area (Å²) in [6.07, 6.45) is 0.773. The largest absolute Gasteiger partial charge is 0.326 e. The van der Waals surface area contributed by atoms with E-state index in [9.17, 15) is 4.79 Å². The number of fused-ring (bicyclic) bond motifs is 1. The Bertz CT molecular complexity index is 819. The molecular weight excluding hydrogens is 329 g/mol. The monoisotopic (exact) mass is 337 g/mol. The summed E-state index contributed by atoms with van der Waals surface area (Å²) in [4.78, 5) is 11.3. The maximum Gasteiger partial charge on any atom is 0.153 e. The lowest BCUT2D eigenvalue weighted by Gasteiger charge is -2.10. The van der Waals surface area contributed by atoms with Gasteiger partial charge in [0.05, 0.1) is 17.6 Å². The van der Waals surface area contributed by atoms with Crippen molar-refractivity contribution >= 4 is 52.0 Å². The van der Waals surface area contributed by atoms with Crippen molar-refractivity contribution in [2.24, 2.45) is 0 Å². The van der Waals surface area contributed by atoms with Crippen LogP contribution in [0.1, 0.15) is 15.9 Å². The van der Waals surface area contributed by atoms with Crippen LogP contribution >= 0.6 is 34.8 Å². The highest BCUT2D eigenvalue weighted by atomic mass is 35.5.